The van der Waals surface area contributed by atoms with Crippen molar-refractivity contribution in [1.82, 2.24) is 25.3 Å². The van der Waals surface area contributed by atoms with Gasteiger partial charge in [0.25, 0.3) is 5.91 Å². The summed E-state index contributed by atoms with van der Waals surface area (Å²) in [6, 6.07) is 11.0. The SMILES string of the molecule is CC(C)Oc1ccc(C(=O)N[C@H](C)C(=O)N2CCN(CCCOc3ccc(-c4noc(CC5CCCC5)n4)c(F)c3)CC2)cc1. The number of benzene rings is 2. The summed E-state index contributed by atoms with van der Waals surface area (Å²) in [7, 11) is 0. The highest BCUT2D eigenvalue weighted by atomic mass is 19.1. The highest BCUT2D eigenvalue weighted by molar-refractivity contribution is 5.97. The van der Waals surface area contributed by atoms with Crippen LogP contribution in [0.25, 0.3) is 11.4 Å². The minimum Gasteiger partial charge on any atom is -0.493 e. The summed E-state index contributed by atoms with van der Waals surface area (Å²) >= 11 is 0. The maximum atomic E-state index is 14.8. The van der Waals surface area contributed by atoms with Crippen molar-refractivity contribution in [1.29, 1.82) is 0 Å². The van der Waals surface area contributed by atoms with Gasteiger partial charge in [-0.3, -0.25) is 14.5 Å². The van der Waals surface area contributed by atoms with E-state index in [1.54, 1.807) is 48.2 Å². The van der Waals surface area contributed by atoms with Crippen LogP contribution in [-0.4, -0.2) is 83.2 Å². The zero-order chi connectivity index (χ0) is 31.8. The second kappa shape index (κ2) is 15.3. The van der Waals surface area contributed by atoms with Crippen LogP contribution in [0.4, 0.5) is 4.39 Å². The smallest absolute Gasteiger partial charge is 0.251 e. The predicted octanol–water partition coefficient (Wildman–Crippen LogP) is 5.13. The molecule has 1 saturated carbocycles. The third-order valence-electron chi connectivity index (χ3n) is 8.37. The Labute approximate surface area is 264 Å². The molecule has 0 bridgehead atoms. The van der Waals surface area contributed by atoms with E-state index in [0.29, 0.717) is 54.1 Å². The van der Waals surface area contributed by atoms with Gasteiger partial charge in [0.15, 0.2) is 0 Å². The van der Waals surface area contributed by atoms with Crippen LogP contribution in [0.1, 0.15) is 69.1 Å². The average molecular weight is 622 g/mol. The summed E-state index contributed by atoms with van der Waals surface area (Å²) in [6.45, 7) is 9.50. The van der Waals surface area contributed by atoms with Crippen LogP contribution < -0.4 is 14.8 Å². The number of hydrogen-bond acceptors (Lipinski definition) is 8. The number of aromatic nitrogens is 2. The van der Waals surface area contributed by atoms with Crippen molar-refractivity contribution in [2.45, 2.75) is 71.4 Å². The largest absolute Gasteiger partial charge is 0.493 e. The molecule has 1 aliphatic carbocycles. The van der Waals surface area contributed by atoms with E-state index in [0.717, 1.165) is 32.5 Å². The van der Waals surface area contributed by atoms with E-state index in [1.165, 1.54) is 31.7 Å². The van der Waals surface area contributed by atoms with Crippen molar-refractivity contribution < 1.29 is 28.0 Å². The molecule has 11 heteroatoms. The molecule has 2 heterocycles. The summed E-state index contributed by atoms with van der Waals surface area (Å²) in [5, 5.41) is 6.80. The van der Waals surface area contributed by atoms with Crippen molar-refractivity contribution in [2.75, 3.05) is 39.3 Å². The Hall–Kier alpha value is -3.99. The Kier molecular flexibility index (Phi) is 11.0. The molecule has 0 unspecified atom stereocenters. The number of halogens is 1. The number of ether oxygens (including phenoxy) is 2. The summed E-state index contributed by atoms with van der Waals surface area (Å²) in [5.41, 5.74) is 0.780. The Balaban J connectivity index is 0.992. The van der Waals surface area contributed by atoms with Crippen LogP contribution in [0.2, 0.25) is 0 Å². The molecule has 1 N–H and O–H groups in total. The van der Waals surface area contributed by atoms with Gasteiger partial charge in [0.2, 0.25) is 17.6 Å². The number of nitrogens with one attached hydrogen (secondary N) is 1. The summed E-state index contributed by atoms with van der Waals surface area (Å²) in [6.07, 6.45) is 6.42. The first kappa shape index (κ1) is 32.4. The first-order valence-electron chi connectivity index (χ1n) is 16.1. The lowest BCUT2D eigenvalue weighted by Gasteiger charge is -2.36. The quantitative estimate of drug-likeness (QED) is 0.262. The summed E-state index contributed by atoms with van der Waals surface area (Å²) in [4.78, 5) is 34.1. The molecule has 2 amide bonds. The fraction of sp³-hybridized carbons (Fsp3) is 0.529. The summed E-state index contributed by atoms with van der Waals surface area (Å²) in [5.74, 6) is 1.73. The van der Waals surface area contributed by atoms with Gasteiger partial charge in [0.1, 0.15) is 23.4 Å². The second-order valence-electron chi connectivity index (χ2n) is 12.3. The van der Waals surface area contributed by atoms with Gasteiger partial charge >= 0.3 is 0 Å². The molecular formula is C34H44FN5O5. The lowest BCUT2D eigenvalue weighted by atomic mass is 10.0. The first-order valence-corrected chi connectivity index (χ1v) is 16.1. The fourth-order valence-corrected chi connectivity index (χ4v) is 5.92. The number of carbonyl (C=O) groups is 2. The van der Waals surface area contributed by atoms with Crippen molar-refractivity contribution in [2.24, 2.45) is 5.92 Å². The van der Waals surface area contributed by atoms with Gasteiger partial charge in [-0.15, -0.1) is 0 Å². The molecule has 10 nitrogen and oxygen atoms in total. The molecule has 1 aliphatic heterocycles. The Morgan fingerprint density at radius 2 is 1.73 bits per heavy atom. The second-order valence-corrected chi connectivity index (χ2v) is 12.3. The molecule has 2 aliphatic rings. The van der Waals surface area contributed by atoms with E-state index in [2.05, 4.69) is 20.4 Å². The maximum absolute atomic E-state index is 14.8. The highest BCUT2D eigenvalue weighted by Crippen LogP contribution is 2.29. The van der Waals surface area contributed by atoms with Gasteiger partial charge in [0.05, 0.1) is 18.3 Å². The molecule has 0 radical (unpaired) electrons. The van der Waals surface area contributed by atoms with Gasteiger partial charge < -0.3 is 24.2 Å². The van der Waals surface area contributed by atoms with Gasteiger partial charge in [-0.1, -0.05) is 18.0 Å². The van der Waals surface area contributed by atoms with Crippen molar-refractivity contribution in [3.8, 4) is 22.9 Å². The summed E-state index contributed by atoms with van der Waals surface area (Å²) < 4.78 is 31.6. The van der Waals surface area contributed by atoms with E-state index in [-0.39, 0.29) is 23.7 Å². The molecule has 0 spiro atoms. The van der Waals surface area contributed by atoms with Gasteiger partial charge in [-0.05, 0) is 82.3 Å². The van der Waals surface area contributed by atoms with Crippen molar-refractivity contribution >= 4 is 11.8 Å². The molecule has 2 aromatic carbocycles. The molecule has 3 aromatic rings. The Bertz CT molecular complexity index is 1410. The molecule has 2 fully saturated rings. The lowest BCUT2D eigenvalue weighted by Crippen LogP contribution is -2.54. The van der Waals surface area contributed by atoms with Crippen LogP contribution in [0.3, 0.4) is 0 Å². The number of amides is 2. The fourth-order valence-electron chi connectivity index (χ4n) is 5.92. The van der Waals surface area contributed by atoms with E-state index in [1.807, 2.05) is 13.8 Å². The molecule has 45 heavy (non-hydrogen) atoms. The Morgan fingerprint density at radius 1 is 1.02 bits per heavy atom. The van der Waals surface area contributed by atoms with Crippen LogP contribution in [-0.2, 0) is 11.2 Å². The average Bonchev–Trinajstić information content (AvgIpc) is 3.72. The maximum Gasteiger partial charge on any atom is 0.251 e. The third-order valence-corrected chi connectivity index (χ3v) is 8.37. The number of rotatable bonds is 13. The standard InChI is InChI=1S/C34H44FN5O5/c1-23(2)44-27-11-9-26(10-12-27)33(41)36-24(3)34(42)40-18-16-39(17-19-40)15-6-20-43-28-13-14-29(30(35)22-28)32-37-31(45-38-32)21-25-7-4-5-8-25/h9-14,22-25H,4-8,15-21H2,1-3H3,(H,36,41)/t24-/m1/s1. The first-order chi connectivity index (χ1) is 21.7. The van der Waals surface area contributed by atoms with Gasteiger partial charge in [0, 0.05) is 50.8 Å². The van der Waals surface area contributed by atoms with Gasteiger partial charge in [-0.2, -0.15) is 4.98 Å². The lowest BCUT2D eigenvalue weighted by molar-refractivity contribution is -0.134. The topological polar surface area (TPSA) is 110 Å². The molecule has 5 rings (SSSR count). The zero-order valence-corrected chi connectivity index (χ0v) is 26.5. The van der Waals surface area contributed by atoms with E-state index >= 15 is 0 Å². The molecule has 1 saturated heterocycles. The van der Waals surface area contributed by atoms with Crippen molar-refractivity contribution in [3.63, 3.8) is 0 Å². The predicted molar refractivity (Wildman–Crippen MR) is 168 cm³/mol. The monoisotopic (exact) mass is 621 g/mol. The van der Waals surface area contributed by atoms with Crippen LogP contribution >= 0.6 is 0 Å². The minimum absolute atomic E-state index is 0.0506. The molecule has 1 atom stereocenters. The number of piperazine rings is 1. The minimum atomic E-state index is -0.630. The van der Waals surface area contributed by atoms with Crippen LogP contribution in [0, 0.1) is 11.7 Å². The third kappa shape index (κ3) is 9.03. The highest BCUT2D eigenvalue weighted by Gasteiger charge is 2.26. The normalized spacial score (nSPS) is 16.6. The van der Waals surface area contributed by atoms with E-state index < -0.39 is 11.9 Å². The molecular weight excluding hydrogens is 577 g/mol. The number of carbonyl (C=O) groups excluding carboxylic acids is 2. The van der Waals surface area contributed by atoms with E-state index in [4.69, 9.17) is 14.0 Å². The Morgan fingerprint density at radius 3 is 2.42 bits per heavy atom. The zero-order valence-electron chi connectivity index (χ0n) is 26.5. The van der Waals surface area contributed by atoms with Gasteiger partial charge in [-0.25, -0.2) is 4.39 Å². The van der Waals surface area contributed by atoms with Crippen LogP contribution in [0.15, 0.2) is 47.0 Å². The molecule has 1 aromatic heterocycles. The molecule has 242 valence electrons. The van der Waals surface area contributed by atoms with E-state index in [9.17, 15) is 14.0 Å². The van der Waals surface area contributed by atoms with Crippen LogP contribution in [0.5, 0.6) is 11.5 Å². The number of nitrogens with zero attached hydrogens (tertiary/aromatic N) is 4. The number of hydrogen-bond donors (Lipinski definition) is 1. The van der Waals surface area contributed by atoms with Crippen molar-refractivity contribution in [3.05, 3.63) is 59.7 Å².